The minimum Gasteiger partial charge on any atom is -0.359 e. The van der Waals surface area contributed by atoms with Crippen molar-refractivity contribution in [2.75, 3.05) is 18.5 Å². The highest BCUT2D eigenvalue weighted by Gasteiger charge is 2.22. The van der Waals surface area contributed by atoms with Crippen molar-refractivity contribution in [2.45, 2.75) is 17.9 Å². The predicted octanol–water partition coefficient (Wildman–Crippen LogP) is -0.328. The number of nitrogens with two attached hydrogens (primary N) is 1. The van der Waals surface area contributed by atoms with E-state index in [1.807, 2.05) is 16.6 Å². The Morgan fingerprint density at radius 1 is 1.64 bits per heavy atom. The molecule has 78 valence electrons. The third kappa shape index (κ3) is 1.40. The van der Waals surface area contributed by atoms with E-state index in [2.05, 4.69) is 11.0 Å². The standard InChI is InChI=1S/C8H14N4OS/c1-11-4-3-5-12-8(11)7(6-10-12)14(2,9)13/h6H,2-5H2,1H3,(H2,9,13). The molecule has 1 aromatic heterocycles. The van der Waals surface area contributed by atoms with E-state index in [9.17, 15) is 4.21 Å². The number of fused-ring (bicyclic) bond motifs is 1. The van der Waals surface area contributed by atoms with Crippen molar-refractivity contribution < 1.29 is 4.21 Å². The minimum atomic E-state index is -2.66. The summed E-state index contributed by atoms with van der Waals surface area (Å²) in [7, 11) is -0.713. The molecule has 6 heteroatoms. The van der Waals surface area contributed by atoms with Gasteiger partial charge in [0.2, 0.25) is 0 Å². The van der Waals surface area contributed by atoms with Gasteiger partial charge in [-0.3, -0.25) is 5.14 Å². The van der Waals surface area contributed by atoms with Crippen molar-refractivity contribution >= 4 is 21.4 Å². The second-order valence-corrected chi connectivity index (χ2v) is 5.45. The Bertz CT molecular complexity index is 448. The summed E-state index contributed by atoms with van der Waals surface area (Å²) in [5.74, 6) is 4.33. The van der Waals surface area contributed by atoms with Crippen LogP contribution in [0.15, 0.2) is 11.1 Å². The summed E-state index contributed by atoms with van der Waals surface area (Å²) in [6, 6.07) is 0. The molecule has 5 nitrogen and oxygen atoms in total. The van der Waals surface area contributed by atoms with Gasteiger partial charge in [0.1, 0.15) is 10.7 Å². The Morgan fingerprint density at radius 2 is 2.36 bits per heavy atom. The molecule has 14 heavy (non-hydrogen) atoms. The quantitative estimate of drug-likeness (QED) is 0.651. The van der Waals surface area contributed by atoms with E-state index in [4.69, 9.17) is 5.14 Å². The molecule has 2 N–H and O–H groups in total. The molecule has 0 saturated carbocycles. The smallest absolute Gasteiger partial charge is 0.143 e. The Morgan fingerprint density at radius 3 is 3.00 bits per heavy atom. The van der Waals surface area contributed by atoms with Gasteiger partial charge in [-0.1, -0.05) is 0 Å². The molecule has 0 amide bonds. The van der Waals surface area contributed by atoms with E-state index in [-0.39, 0.29) is 0 Å². The maximum Gasteiger partial charge on any atom is 0.143 e. The molecule has 0 spiro atoms. The molecular weight excluding hydrogens is 200 g/mol. The van der Waals surface area contributed by atoms with Gasteiger partial charge in [0.25, 0.3) is 0 Å². The average Bonchev–Trinajstić information content (AvgIpc) is 2.47. The molecule has 1 aliphatic heterocycles. The maximum absolute atomic E-state index is 11.7. The lowest BCUT2D eigenvalue weighted by Gasteiger charge is -2.26. The van der Waals surface area contributed by atoms with Crippen LogP contribution in [-0.4, -0.2) is 33.5 Å². The Kier molecular flexibility index (Phi) is 2.04. The molecular formula is C8H14N4OS. The molecule has 2 heterocycles. The van der Waals surface area contributed by atoms with Gasteiger partial charge in [-0.05, 0) is 12.3 Å². The molecule has 1 aromatic rings. The fourth-order valence-electron chi connectivity index (χ4n) is 1.72. The first kappa shape index (κ1) is 9.54. The van der Waals surface area contributed by atoms with E-state index in [0.717, 1.165) is 25.3 Å². The topological polar surface area (TPSA) is 64.2 Å². The van der Waals surface area contributed by atoms with Gasteiger partial charge < -0.3 is 4.90 Å². The highest BCUT2D eigenvalue weighted by atomic mass is 32.2. The zero-order valence-electron chi connectivity index (χ0n) is 8.14. The molecule has 0 aliphatic carbocycles. The summed E-state index contributed by atoms with van der Waals surface area (Å²) >= 11 is 0. The van der Waals surface area contributed by atoms with Gasteiger partial charge in [0.05, 0.1) is 15.9 Å². The van der Waals surface area contributed by atoms with Crippen LogP contribution in [0.5, 0.6) is 0 Å². The van der Waals surface area contributed by atoms with Crippen LogP contribution < -0.4 is 10.0 Å². The largest absolute Gasteiger partial charge is 0.359 e. The number of hydrogen-bond acceptors (Lipinski definition) is 3. The lowest BCUT2D eigenvalue weighted by molar-refractivity contribution is 0.531. The van der Waals surface area contributed by atoms with Crippen LogP contribution in [0, 0.1) is 0 Å². The van der Waals surface area contributed by atoms with E-state index >= 15 is 0 Å². The Balaban J connectivity index is 2.60. The summed E-state index contributed by atoms with van der Waals surface area (Å²) in [6.07, 6.45) is 2.61. The van der Waals surface area contributed by atoms with Gasteiger partial charge in [0, 0.05) is 20.1 Å². The van der Waals surface area contributed by atoms with Crippen molar-refractivity contribution in [2.24, 2.45) is 5.14 Å². The Hall–Kier alpha value is -1.01. The Labute approximate surface area is 83.6 Å². The van der Waals surface area contributed by atoms with Crippen LogP contribution in [0.2, 0.25) is 0 Å². The van der Waals surface area contributed by atoms with E-state index in [1.54, 1.807) is 6.20 Å². The van der Waals surface area contributed by atoms with Gasteiger partial charge in [0.15, 0.2) is 0 Å². The number of anilines is 1. The highest BCUT2D eigenvalue weighted by Crippen LogP contribution is 2.26. The van der Waals surface area contributed by atoms with Crippen molar-refractivity contribution in [3.8, 4) is 0 Å². The number of rotatable bonds is 1. The van der Waals surface area contributed by atoms with Crippen molar-refractivity contribution in [3.05, 3.63) is 6.20 Å². The summed E-state index contributed by atoms with van der Waals surface area (Å²) < 4.78 is 13.5. The number of nitrogens with zero attached hydrogens (tertiary/aromatic N) is 3. The van der Waals surface area contributed by atoms with Crippen LogP contribution in [0.1, 0.15) is 6.42 Å². The van der Waals surface area contributed by atoms with Crippen LogP contribution in [0.25, 0.3) is 0 Å². The third-order valence-electron chi connectivity index (χ3n) is 2.38. The second kappa shape index (κ2) is 2.99. The first-order valence-electron chi connectivity index (χ1n) is 4.42. The molecule has 1 aliphatic rings. The average molecular weight is 214 g/mol. The molecule has 0 aromatic carbocycles. The monoisotopic (exact) mass is 214 g/mol. The molecule has 1 atom stereocenters. The zero-order valence-corrected chi connectivity index (χ0v) is 8.96. The van der Waals surface area contributed by atoms with Gasteiger partial charge in [-0.25, -0.2) is 8.89 Å². The lowest BCUT2D eigenvalue weighted by Crippen LogP contribution is -2.30. The van der Waals surface area contributed by atoms with E-state index in [1.165, 1.54) is 0 Å². The number of hydrogen-bond donors (Lipinski definition) is 1. The first-order chi connectivity index (χ1) is 6.50. The fourth-order valence-corrected chi connectivity index (χ4v) is 2.51. The van der Waals surface area contributed by atoms with E-state index in [0.29, 0.717) is 4.90 Å². The minimum absolute atomic E-state index is 0.555. The fraction of sp³-hybridized carbons (Fsp3) is 0.500. The molecule has 0 saturated heterocycles. The van der Waals surface area contributed by atoms with Crippen molar-refractivity contribution in [3.63, 3.8) is 0 Å². The number of aryl methyl sites for hydroxylation is 1. The second-order valence-electron chi connectivity index (χ2n) is 3.56. The van der Waals surface area contributed by atoms with Crippen molar-refractivity contribution in [1.29, 1.82) is 0 Å². The first-order valence-corrected chi connectivity index (χ1v) is 6.21. The molecule has 0 radical (unpaired) electrons. The van der Waals surface area contributed by atoms with Gasteiger partial charge in [-0.15, -0.1) is 0 Å². The summed E-state index contributed by atoms with van der Waals surface area (Å²) in [4.78, 5) is 2.57. The molecule has 1 unspecified atom stereocenters. The molecule has 0 fully saturated rings. The summed E-state index contributed by atoms with van der Waals surface area (Å²) in [5.41, 5.74) is 0. The van der Waals surface area contributed by atoms with Gasteiger partial charge in [-0.2, -0.15) is 5.10 Å². The normalized spacial score (nSPS) is 20.3. The highest BCUT2D eigenvalue weighted by molar-refractivity contribution is 7.98. The SMILES string of the molecule is C=S(N)(=O)c1cnn2c1N(C)CCC2. The lowest BCUT2D eigenvalue weighted by atomic mass is 10.3. The zero-order chi connectivity index (χ0) is 10.3. The summed E-state index contributed by atoms with van der Waals surface area (Å²) in [6.45, 7) is 1.80. The van der Waals surface area contributed by atoms with Crippen LogP contribution in [0.4, 0.5) is 5.82 Å². The molecule has 0 bridgehead atoms. The van der Waals surface area contributed by atoms with Crippen LogP contribution in [0.3, 0.4) is 0 Å². The van der Waals surface area contributed by atoms with E-state index < -0.39 is 9.71 Å². The predicted molar refractivity (Wildman–Crippen MR) is 57.8 cm³/mol. The third-order valence-corrected chi connectivity index (χ3v) is 3.41. The van der Waals surface area contributed by atoms with Gasteiger partial charge >= 0.3 is 0 Å². The number of aromatic nitrogens is 2. The van der Waals surface area contributed by atoms with Crippen molar-refractivity contribution in [1.82, 2.24) is 9.78 Å². The van der Waals surface area contributed by atoms with Crippen LogP contribution in [-0.2, 0) is 16.3 Å². The maximum atomic E-state index is 11.7. The summed E-state index contributed by atoms with van der Waals surface area (Å²) in [5, 5.41) is 9.67. The van der Waals surface area contributed by atoms with Crippen LogP contribution >= 0.6 is 0 Å². The molecule has 2 rings (SSSR count).